The molecule has 1 N–H and O–H groups in total. The van der Waals surface area contributed by atoms with Crippen molar-refractivity contribution in [1.29, 1.82) is 0 Å². The number of aliphatic hydroxyl groups is 1. The Kier molecular flexibility index (Phi) is 6.96. The third-order valence-corrected chi connectivity index (χ3v) is 12.2. The molecule has 4 unspecified atom stereocenters. The van der Waals surface area contributed by atoms with Crippen molar-refractivity contribution in [2.75, 3.05) is 0 Å². The molecule has 0 bridgehead atoms. The van der Waals surface area contributed by atoms with Gasteiger partial charge >= 0.3 is 0 Å². The second kappa shape index (κ2) is 8.96. The SMILES string of the molecule is CC[C@H](CC[C@@H](C)C1CCC2[C@@H]3C(C)C[C@@H]4C[C@@H](O)CC[C@]4(C)C3CC[C@@]21C)C(C)C. The highest BCUT2D eigenvalue weighted by Crippen LogP contribution is 2.69. The van der Waals surface area contributed by atoms with E-state index in [2.05, 4.69) is 48.5 Å². The topological polar surface area (TPSA) is 20.2 Å². The van der Waals surface area contributed by atoms with E-state index in [-0.39, 0.29) is 6.10 Å². The van der Waals surface area contributed by atoms with Crippen LogP contribution in [-0.2, 0) is 0 Å². The fraction of sp³-hybridized carbons (Fsp3) is 1.00. The molecule has 1 heteroatoms. The van der Waals surface area contributed by atoms with Gasteiger partial charge in [-0.2, -0.15) is 0 Å². The molecule has 0 aromatic rings. The minimum atomic E-state index is -0.0230. The van der Waals surface area contributed by atoms with E-state index < -0.39 is 0 Å². The smallest absolute Gasteiger partial charge is 0.0543 e. The van der Waals surface area contributed by atoms with Crippen LogP contribution in [0.3, 0.4) is 0 Å². The van der Waals surface area contributed by atoms with Gasteiger partial charge in [-0.15, -0.1) is 0 Å². The monoisotopic (exact) mass is 430 g/mol. The van der Waals surface area contributed by atoms with Crippen LogP contribution in [0.25, 0.3) is 0 Å². The van der Waals surface area contributed by atoms with E-state index in [9.17, 15) is 5.11 Å². The van der Waals surface area contributed by atoms with Gasteiger partial charge in [0, 0.05) is 0 Å². The second-order valence-electron chi connectivity index (χ2n) is 13.8. The Morgan fingerprint density at radius 3 is 2.23 bits per heavy atom. The standard InChI is InChI=1S/C30H54O/c1-8-22(19(2)3)10-9-20(4)25-11-12-26-28-21(5)17-23-18-24(31)13-15-29(23,6)27(28)14-16-30(25,26)7/h19-28,31H,8-18H2,1-7H3/t20-,21?,22-,23-,24+,25?,26?,27?,28+,29+,30-/m1/s1. The molecule has 0 aliphatic heterocycles. The zero-order valence-electron chi connectivity index (χ0n) is 22.0. The van der Waals surface area contributed by atoms with Crippen LogP contribution in [0.4, 0.5) is 0 Å². The Bertz CT molecular complexity index is 612. The van der Waals surface area contributed by atoms with Gasteiger partial charge in [0.2, 0.25) is 0 Å². The van der Waals surface area contributed by atoms with Gasteiger partial charge in [-0.05, 0) is 122 Å². The minimum Gasteiger partial charge on any atom is -0.393 e. The minimum absolute atomic E-state index is 0.0230. The first-order valence-electron chi connectivity index (χ1n) is 14.3. The van der Waals surface area contributed by atoms with Crippen LogP contribution in [0.5, 0.6) is 0 Å². The van der Waals surface area contributed by atoms with E-state index in [1.165, 1.54) is 57.8 Å². The van der Waals surface area contributed by atoms with Crippen molar-refractivity contribution in [3.05, 3.63) is 0 Å². The highest BCUT2D eigenvalue weighted by molar-refractivity contribution is 5.11. The van der Waals surface area contributed by atoms with Gasteiger partial charge in [-0.3, -0.25) is 0 Å². The molecule has 0 saturated heterocycles. The Morgan fingerprint density at radius 2 is 1.55 bits per heavy atom. The molecule has 11 atom stereocenters. The van der Waals surface area contributed by atoms with Crippen molar-refractivity contribution in [2.45, 2.75) is 125 Å². The molecule has 4 aliphatic rings. The van der Waals surface area contributed by atoms with Gasteiger partial charge < -0.3 is 5.11 Å². The van der Waals surface area contributed by atoms with Crippen LogP contribution in [-0.4, -0.2) is 11.2 Å². The molecule has 4 aliphatic carbocycles. The van der Waals surface area contributed by atoms with Crippen LogP contribution in [0.1, 0.15) is 119 Å². The molecule has 0 aromatic carbocycles. The summed E-state index contributed by atoms with van der Waals surface area (Å²) in [5, 5.41) is 10.4. The third-order valence-electron chi connectivity index (χ3n) is 12.2. The van der Waals surface area contributed by atoms with Crippen molar-refractivity contribution >= 4 is 0 Å². The van der Waals surface area contributed by atoms with Crippen LogP contribution in [0, 0.1) is 64.1 Å². The highest BCUT2D eigenvalue weighted by atomic mass is 16.3. The largest absolute Gasteiger partial charge is 0.393 e. The molecule has 4 saturated carbocycles. The zero-order chi connectivity index (χ0) is 22.6. The van der Waals surface area contributed by atoms with E-state index in [0.29, 0.717) is 10.8 Å². The average molecular weight is 431 g/mol. The van der Waals surface area contributed by atoms with Gasteiger partial charge in [0.15, 0.2) is 0 Å². The van der Waals surface area contributed by atoms with Crippen LogP contribution < -0.4 is 0 Å². The van der Waals surface area contributed by atoms with E-state index in [0.717, 1.165) is 66.1 Å². The van der Waals surface area contributed by atoms with Crippen molar-refractivity contribution in [1.82, 2.24) is 0 Å². The fourth-order valence-electron chi connectivity index (χ4n) is 10.3. The zero-order valence-corrected chi connectivity index (χ0v) is 22.0. The highest BCUT2D eigenvalue weighted by Gasteiger charge is 2.62. The predicted molar refractivity (Wildman–Crippen MR) is 133 cm³/mol. The summed E-state index contributed by atoms with van der Waals surface area (Å²) in [6.45, 7) is 17.8. The second-order valence-corrected chi connectivity index (χ2v) is 13.8. The Balaban J connectivity index is 1.49. The first-order chi connectivity index (χ1) is 14.6. The van der Waals surface area contributed by atoms with Gasteiger partial charge in [0.05, 0.1) is 6.10 Å². The molecular formula is C30H54O. The molecule has 0 spiro atoms. The Hall–Kier alpha value is -0.0400. The number of hydrogen-bond donors (Lipinski definition) is 1. The van der Waals surface area contributed by atoms with Gasteiger partial charge in [0.25, 0.3) is 0 Å². The first kappa shape index (κ1) is 24.1. The van der Waals surface area contributed by atoms with Crippen molar-refractivity contribution in [3.8, 4) is 0 Å². The summed E-state index contributed by atoms with van der Waals surface area (Å²) in [5.74, 6) is 8.07. The first-order valence-corrected chi connectivity index (χ1v) is 14.3. The number of hydrogen-bond acceptors (Lipinski definition) is 1. The summed E-state index contributed by atoms with van der Waals surface area (Å²) in [6, 6.07) is 0. The summed E-state index contributed by atoms with van der Waals surface area (Å²) in [6.07, 6.45) is 15.0. The average Bonchev–Trinajstić information content (AvgIpc) is 3.06. The molecule has 31 heavy (non-hydrogen) atoms. The number of rotatable bonds is 6. The van der Waals surface area contributed by atoms with Crippen molar-refractivity contribution in [3.63, 3.8) is 0 Å². The maximum Gasteiger partial charge on any atom is 0.0543 e. The van der Waals surface area contributed by atoms with Crippen molar-refractivity contribution < 1.29 is 5.11 Å². The molecule has 180 valence electrons. The Morgan fingerprint density at radius 1 is 0.871 bits per heavy atom. The molecule has 4 rings (SSSR count). The van der Waals surface area contributed by atoms with Gasteiger partial charge in [0.1, 0.15) is 0 Å². The van der Waals surface area contributed by atoms with E-state index in [1.807, 2.05) is 0 Å². The molecule has 0 aromatic heterocycles. The molecule has 0 amide bonds. The lowest BCUT2D eigenvalue weighted by atomic mass is 9.42. The van der Waals surface area contributed by atoms with Crippen LogP contribution in [0.2, 0.25) is 0 Å². The van der Waals surface area contributed by atoms with Crippen LogP contribution >= 0.6 is 0 Å². The maximum atomic E-state index is 10.4. The lowest BCUT2D eigenvalue weighted by molar-refractivity contribution is -0.150. The Labute approximate surface area is 194 Å². The summed E-state index contributed by atoms with van der Waals surface area (Å²) in [7, 11) is 0. The molecular weight excluding hydrogens is 376 g/mol. The lowest BCUT2D eigenvalue weighted by Crippen LogP contribution is -2.56. The fourth-order valence-corrected chi connectivity index (χ4v) is 10.3. The normalized spacial score (nSPS) is 49.3. The van der Waals surface area contributed by atoms with E-state index in [4.69, 9.17) is 0 Å². The summed E-state index contributed by atoms with van der Waals surface area (Å²) in [5.41, 5.74) is 1.10. The van der Waals surface area contributed by atoms with Gasteiger partial charge in [-0.25, -0.2) is 0 Å². The van der Waals surface area contributed by atoms with E-state index >= 15 is 0 Å². The van der Waals surface area contributed by atoms with Gasteiger partial charge in [-0.1, -0.05) is 61.3 Å². The molecule has 0 radical (unpaired) electrons. The molecule has 1 nitrogen and oxygen atoms in total. The number of aliphatic hydroxyl groups excluding tert-OH is 1. The third kappa shape index (κ3) is 4.06. The molecule has 4 fully saturated rings. The summed E-state index contributed by atoms with van der Waals surface area (Å²) < 4.78 is 0. The lowest BCUT2D eigenvalue weighted by Gasteiger charge is -2.63. The van der Waals surface area contributed by atoms with E-state index in [1.54, 1.807) is 0 Å². The quantitative estimate of drug-likeness (QED) is 0.449. The van der Waals surface area contributed by atoms with Crippen molar-refractivity contribution in [2.24, 2.45) is 64.1 Å². The molecule has 0 heterocycles. The predicted octanol–water partition coefficient (Wildman–Crippen LogP) is 8.35. The summed E-state index contributed by atoms with van der Waals surface area (Å²) in [4.78, 5) is 0. The van der Waals surface area contributed by atoms with Crippen LogP contribution in [0.15, 0.2) is 0 Å². The number of fused-ring (bicyclic) bond motifs is 5. The maximum absolute atomic E-state index is 10.4. The summed E-state index contributed by atoms with van der Waals surface area (Å²) >= 11 is 0.